The van der Waals surface area contributed by atoms with Crippen LogP contribution in [0.15, 0.2) is 49.2 Å². The van der Waals surface area contributed by atoms with Crippen LogP contribution in [0.2, 0.25) is 0 Å². The SMILES string of the molecule is O=Cc1cnc2c(ccn2-c2ccc(-c3ncn[nH]3)cn2)c1. The van der Waals surface area contributed by atoms with Crippen molar-refractivity contribution in [3.8, 4) is 17.2 Å². The Bertz CT molecular complexity index is 940. The Kier molecular flexibility index (Phi) is 2.75. The molecule has 0 aliphatic rings. The molecule has 7 nitrogen and oxygen atoms in total. The summed E-state index contributed by atoms with van der Waals surface area (Å²) in [6.07, 6.45) is 7.39. The van der Waals surface area contributed by atoms with Gasteiger partial charge >= 0.3 is 0 Å². The number of fused-ring (bicyclic) bond motifs is 1. The molecule has 1 N–H and O–H groups in total. The normalized spacial score (nSPS) is 10.9. The molecule has 4 aromatic rings. The summed E-state index contributed by atoms with van der Waals surface area (Å²) < 4.78 is 1.87. The number of H-pyrrole nitrogens is 1. The van der Waals surface area contributed by atoms with Crippen LogP contribution in [0.4, 0.5) is 0 Å². The minimum atomic E-state index is 0.555. The smallest absolute Gasteiger partial charge is 0.156 e. The number of carbonyl (C=O) groups excluding carboxylic acids is 1. The highest BCUT2D eigenvalue weighted by molar-refractivity contribution is 5.85. The van der Waals surface area contributed by atoms with Gasteiger partial charge in [0.2, 0.25) is 0 Å². The van der Waals surface area contributed by atoms with Gasteiger partial charge in [0.15, 0.2) is 12.1 Å². The zero-order valence-corrected chi connectivity index (χ0v) is 11.3. The number of rotatable bonds is 3. The Morgan fingerprint density at radius 2 is 2.05 bits per heavy atom. The van der Waals surface area contributed by atoms with E-state index in [9.17, 15) is 4.79 Å². The van der Waals surface area contributed by atoms with Crippen LogP contribution in [0, 0.1) is 0 Å². The Balaban J connectivity index is 1.77. The van der Waals surface area contributed by atoms with Crippen molar-refractivity contribution in [3.05, 3.63) is 54.7 Å². The number of nitrogens with zero attached hydrogens (tertiary/aromatic N) is 5. The quantitative estimate of drug-likeness (QED) is 0.583. The van der Waals surface area contributed by atoms with Crippen LogP contribution < -0.4 is 0 Å². The molecule has 4 aromatic heterocycles. The van der Waals surface area contributed by atoms with Gasteiger partial charge in [-0.2, -0.15) is 5.10 Å². The zero-order valence-electron chi connectivity index (χ0n) is 11.3. The molecule has 0 radical (unpaired) electrons. The molecular formula is C15H10N6O. The topological polar surface area (TPSA) is 89.4 Å². The molecule has 4 heterocycles. The second-order valence-electron chi connectivity index (χ2n) is 4.72. The van der Waals surface area contributed by atoms with Crippen LogP contribution >= 0.6 is 0 Å². The van der Waals surface area contributed by atoms with Crippen LogP contribution in [-0.4, -0.2) is 36.0 Å². The Morgan fingerprint density at radius 1 is 1.09 bits per heavy atom. The lowest BCUT2D eigenvalue weighted by Gasteiger charge is -2.04. The molecule has 0 spiro atoms. The highest BCUT2D eigenvalue weighted by Crippen LogP contribution is 2.20. The van der Waals surface area contributed by atoms with Crippen molar-refractivity contribution in [1.82, 2.24) is 29.7 Å². The van der Waals surface area contributed by atoms with Gasteiger partial charge in [-0.15, -0.1) is 0 Å². The highest BCUT2D eigenvalue weighted by Gasteiger charge is 2.07. The Morgan fingerprint density at radius 3 is 2.77 bits per heavy atom. The van der Waals surface area contributed by atoms with Gasteiger partial charge in [0.05, 0.1) is 0 Å². The number of aromatic nitrogens is 6. The number of nitrogens with one attached hydrogen (secondary N) is 1. The molecule has 22 heavy (non-hydrogen) atoms. The molecule has 0 saturated heterocycles. The average molecular weight is 290 g/mol. The zero-order chi connectivity index (χ0) is 14.9. The second kappa shape index (κ2) is 4.88. The van der Waals surface area contributed by atoms with E-state index in [0.29, 0.717) is 11.4 Å². The van der Waals surface area contributed by atoms with Gasteiger partial charge in [-0.1, -0.05) is 0 Å². The third kappa shape index (κ3) is 1.96. The summed E-state index contributed by atoms with van der Waals surface area (Å²) in [7, 11) is 0. The second-order valence-corrected chi connectivity index (χ2v) is 4.72. The van der Waals surface area contributed by atoms with E-state index >= 15 is 0 Å². The molecule has 4 rings (SSSR count). The van der Waals surface area contributed by atoms with Crippen molar-refractivity contribution in [3.63, 3.8) is 0 Å². The summed E-state index contributed by atoms with van der Waals surface area (Å²) in [5.41, 5.74) is 2.17. The monoisotopic (exact) mass is 290 g/mol. The first kappa shape index (κ1) is 12.4. The Labute approximate surface area is 124 Å². The number of pyridine rings is 2. The third-order valence-corrected chi connectivity index (χ3v) is 3.37. The van der Waals surface area contributed by atoms with Crippen molar-refractivity contribution < 1.29 is 4.79 Å². The first-order valence-electron chi connectivity index (χ1n) is 6.59. The lowest BCUT2D eigenvalue weighted by molar-refractivity contribution is 0.112. The van der Waals surface area contributed by atoms with Gasteiger partial charge in [-0.25, -0.2) is 15.0 Å². The largest absolute Gasteiger partial charge is 0.298 e. The fourth-order valence-corrected chi connectivity index (χ4v) is 2.30. The number of aldehydes is 1. The van der Waals surface area contributed by atoms with Crippen LogP contribution in [0.5, 0.6) is 0 Å². The van der Waals surface area contributed by atoms with Crippen molar-refractivity contribution in [1.29, 1.82) is 0 Å². The lowest BCUT2D eigenvalue weighted by Crippen LogP contribution is -1.97. The van der Waals surface area contributed by atoms with Crippen molar-refractivity contribution in [2.75, 3.05) is 0 Å². The number of hydrogen-bond acceptors (Lipinski definition) is 5. The van der Waals surface area contributed by atoms with E-state index in [4.69, 9.17) is 0 Å². The first-order chi connectivity index (χ1) is 10.8. The van der Waals surface area contributed by atoms with E-state index in [0.717, 1.165) is 28.7 Å². The number of carbonyl (C=O) groups is 1. The third-order valence-electron chi connectivity index (χ3n) is 3.37. The molecule has 0 aromatic carbocycles. The fraction of sp³-hybridized carbons (Fsp3) is 0. The van der Waals surface area contributed by atoms with E-state index in [2.05, 4.69) is 25.1 Å². The van der Waals surface area contributed by atoms with E-state index in [1.165, 1.54) is 6.33 Å². The first-order valence-corrected chi connectivity index (χ1v) is 6.59. The van der Waals surface area contributed by atoms with Crippen LogP contribution in [-0.2, 0) is 0 Å². The average Bonchev–Trinajstić information content (AvgIpc) is 3.24. The van der Waals surface area contributed by atoms with Gasteiger partial charge in [-0.3, -0.25) is 14.5 Å². The molecule has 106 valence electrons. The molecule has 7 heteroatoms. The predicted molar refractivity (Wildman–Crippen MR) is 79.6 cm³/mol. The predicted octanol–water partition coefficient (Wildman–Crippen LogP) is 2.02. The summed E-state index contributed by atoms with van der Waals surface area (Å²) in [5, 5.41) is 7.51. The molecule has 0 aliphatic heterocycles. The highest BCUT2D eigenvalue weighted by atomic mass is 16.1. The van der Waals surface area contributed by atoms with Gasteiger partial charge in [-0.05, 0) is 24.3 Å². The summed E-state index contributed by atoms with van der Waals surface area (Å²) >= 11 is 0. The van der Waals surface area contributed by atoms with Crippen LogP contribution in [0.25, 0.3) is 28.2 Å². The number of hydrogen-bond donors (Lipinski definition) is 1. The molecular weight excluding hydrogens is 280 g/mol. The van der Waals surface area contributed by atoms with Crippen molar-refractivity contribution in [2.45, 2.75) is 0 Å². The van der Waals surface area contributed by atoms with Crippen molar-refractivity contribution >= 4 is 17.3 Å². The molecule has 0 amide bonds. The van der Waals surface area contributed by atoms with Gasteiger partial charge < -0.3 is 0 Å². The van der Waals surface area contributed by atoms with E-state index in [-0.39, 0.29) is 0 Å². The lowest BCUT2D eigenvalue weighted by atomic mass is 10.2. The van der Waals surface area contributed by atoms with Crippen LogP contribution in [0.3, 0.4) is 0 Å². The molecule has 0 aliphatic carbocycles. The van der Waals surface area contributed by atoms with E-state index < -0.39 is 0 Å². The maximum Gasteiger partial charge on any atom is 0.156 e. The summed E-state index contributed by atoms with van der Waals surface area (Å²) in [6.45, 7) is 0. The molecule has 0 atom stereocenters. The minimum Gasteiger partial charge on any atom is -0.298 e. The fourth-order valence-electron chi connectivity index (χ4n) is 2.30. The van der Waals surface area contributed by atoms with Crippen LogP contribution in [0.1, 0.15) is 10.4 Å². The van der Waals surface area contributed by atoms with Gasteiger partial charge in [0.25, 0.3) is 0 Å². The summed E-state index contributed by atoms with van der Waals surface area (Å²) in [5.74, 6) is 1.41. The summed E-state index contributed by atoms with van der Waals surface area (Å²) in [6, 6.07) is 7.50. The molecule has 0 saturated carbocycles. The van der Waals surface area contributed by atoms with E-state index in [1.54, 1.807) is 18.5 Å². The minimum absolute atomic E-state index is 0.555. The maximum atomic E-state index is 10.8. The summed E-state index contributed by atoms with van der Waals surface area (Å²) in [4.78, 5) is 23.7. The molecule has 0 unspecified atom stereocenters. The van der Waals surface area contributed by atoms with E-state index in [1.807, 2.05) is 29.0 Å². The number of aromatic amines is 1. The Hall–Kier alpha value is -3.35. The standard InChI is InChI=1S/C15H10N6O/c22-8-10-5-11-3-4-21(15(11)17-6-10)13-2-1-12(7-16-13)14-18-9-19-20-14/h1-9H,(H,18,19,20). The maximum absolute atomic E-state index is 10.8. The van der Waals surface area contributed by atoms with Gasteiger partial charge in [0.1, 0.15) is 17.8 Å². The molecule has 0 fully saturated rings. The van der Waals surface area contributed by atoms with Gasteiger partial charge in [0, 0.05) is 35.1 Å². The van der Waals surface area contributed by atoms with Crippen molar-refractivity contribution in [2.24, 2.45) is 0 Å². The molecule has 0 bridgehead atoms.